The molecule has 5 fully saturated rings. The Morgan fingerprint density at radius 3 is 2.38 bits per heavy atom. The smallest absolute Gasteiger partial charge is 0.340 e. The molecule has 3 heterocycles. The van der Waals surface area contributed by atoms with Crippen LogP contribution in [-0.2, 0) is 47.6 Å². The molecule has 34 heavy (non-hydrogen) atoms. The molecule has 0 bridgehead atoms. The first-order valence-electron chi connectivity index (χ1n) is 11.7. The molecular weight excluding hydrogens is 448 g/mol. The van der Waals surface area contributed by atoms with Gasteiger partial charge in [-0.05, 0) is 18.3 Å². The van der Waals surface area contributed by atoms with Crippen LogP contribution in [0.3, 0.4) is 0 Å². The zero-order valence-electron chi connectivity index (χ0n) is 20.5. The van der Waals surface area contributed by atoms with Gasteiger partial charge < -0.3 is 28.4 Å². The van der Waals surface area contributed by atoms with Crippen molar-refractivity contribution in [3.63, 3.8) is 0 Å². The van der Waals surface area contributed by atoms with E-state index in [0.717, 1.165) is 0 Å². The number of carbonyl (C=O) groups excluding carboxylic acids is 4. The molecule has 188 valence electrons. The van der Waals surface area contributed by atoms with Crippen LogP contribution in [0.2, 0.25) is 0 Å². The van der Waals surface area contributed by atoms with Crippen LogP contribution >= 0.6 is 0 Å². The van der Waals surface area contributed by atoms with Crippen molar-refractivity contribution in [2.75, 3.05) is 14.2 Å². The van der Waals surface area contributed by atoms with Gasteiger partial charge in [-0.2, -0.15) is 0 Å². The molecule has 2 saturated carbocycles. The molecule has 10 heteroatoms. The second-order valence-corrected chi connectivity index (χ2v) is 11.3. The molecule has 3 aliphatic heterocycles. The number of methoxy groups -OCH3 is 2. The average Bonchev–Trinajstić information content (AvgIpc) is 3.41. The summed E-state index contributed by atoms with van der Waals surface area (Å²) < 4.78 is 35.0. The lowest BCUT2D eigenvalue weighted by atomic mass is 9.52. The van der Waals surface area contributed by atoms with Crippen molar-refractivity contribution >= 4 is 23.9 Å². The molecule has 0 amide bonds. The molecule has 0 radical (unpaired) electrons. The summed E-state index contributed by atoms with van der Waals surface area (Å²) in [7, 11) is 2.72. The Kier molecular flexibility index (Phi) is 4.80. The van der Waals surface area contributed by atoms with E-state index in [-0.39, 0.29) is 0 Å². The Morgan fingerprint density at radius 1 is 1.15 bits per heavy atom. The van der Waals surface area contributed by atoms with Gasteiger partial charge in [-0.3, -0.25) is 9.59 Å². The van der Waals surface area contributed by atoms with Gasteiger partial charge in [0.15, 0.2) is 11.7 Å². The fourth-order valence-electron chi connectivity index (χ4n) is 8.59. The first-order valence-corrected chi connectivity index (χ1v) is 11.7. The van der Waals surface area contributed by atoms with Gasteiger partial charge in [-0.1, -0.05) is 27.7 Å². The molecule has 3 saturated heterocycles. The minimum atomic E-state index is -1.56. The Hall–Kier alpha value is -2.20. The molecule has 10 atom stereocenters. The predicted octanol–water partition coefficient (Wildman–Crippen LogP) is 1.38. The summed E-state index contributed by atoms with van der Waals surface area (Å²) >= 11 is 0. The first kappa shape index (κ1) is 23.5. The maximum Gasteiger partial charge on any atom is 0.340 e. The van der Waals surface area contributed by atoms with Crippen molar-refractivity contribution < 1.29 is 47.6 Å². The normalized spacial score (nSPS) is 46.9. The lowest BCUT2D eigenvalue weighted by Crippen LogP contribution is -2.60. The number of esters is 4. The van der Waals surface area contributed by atoms with Crippen LogP contribution < -0.4 is 0 Å². The fraction of sp³-hybridized carbons (Fsp3) is 0.833. The number of rotatable bonds is 4. The van der Waals surface area contributed by atoms with E-state index >= 15 is 0 Å². The van der Waals surface area contributed by atoms with Gasteiger partial charge in [0.1, 0.15) is 12.2 Å². The molecule has 6 unspecified atom stereocenters. The van der Waals surface area contributed by atoms with Gasteiger partial charge in [0, 0.05) is 25.9 Å². The highest BCUT2D eigenvalue weighted by Gasteiger charge is 2.98. The van der Waals surface area contributed by atoms with Crippen molar-refractivity contribution in [3.8, 4) is 0 Å². The molecule has 0 N–H and O–H groups in total. The zero-order chi connectivity index (χ0) is 25.0. The van der Waals surface area contributed by atoms with Gasteiger partial charge in [-0.25, -0.2) is 9.59 Å². The van der Waals surface area contributed by atoms with Crippen LogP contribution in [0, 0.1) is 34.0 Å². The summed E-state index contributed by atoms with van der Waals surface area (Å²) in [5.41, 5.74) is -4.36. The highest BCUT2D eigenvalue weighted by atomic mass is 16.8. The van der Waals surface area contributed by atoms with E-state index in [2.05, 4.69) is 0 Å². The topological polar surface area (TPSA) is 124 Å². The minimum Gasteiger partial charge on any atom is -0.469 e. The average molecular weight is 481 g/mol. The molecule has 0 aromatic rings. The molecule has 5 aliphatic rings. The van der Waals surface area contributed by atoms with E-state index in [9.17, 15) is 19.2 Å². The van der Waals surface area contributed by atoms with Crippen molar-refractivity contribution in [1.82, 2.24) is 0 Å². The van der Waals surface area contributed by atoms with Gasteiger partial charge >= 0.3 is 23.9 Å². The summed E-state index contributed by atoms with van der Waals surface area (Å²) in [5.74, 6) is -3.95. The summed E-state index contributed by atoms with van der Waals surface area (Å²) in [6, 6.07) is 0. The lowest BCUT2D eigenvalue weighted by Gasteiger charge is -2.47. The zero-order valence-corrected chi connectivity index (χ0v) is 20.5. The molecular formula is C24H32O10. The minimum absolute atomic E-state index is 0.409. The van der Waals surface area contributed by atoms with Crippen LogP contribution in [0.4, 0.5) is 0 Å². The maximum atomic E-state index is 13.7. The summed E-state index contributed by atoms with van der Waals surface area (Å²) in [6.07, 6.45) is -3.02. The Balaban J connectivity index is 1.81. The SMILES string of the molecule is COC(=O)C(C)[C@H]1CCC23C4OC(=O)C12OC1OC(=O)[C@H](OC)C13[C@H](C(C)(C)C)[C@H]4OC(C)=O. The maximum absolute atomic E-state index is 13.7. The number of hydrogen-bond acceptors (Lipinski definition) is 10. The van der Waals surface area contributed by atoms with E-state index in [4.69, 9.17) is 28.4 Å². The molecule has 5 rings (SSSR count). The Bertz CT molecular complexity index is 969. The largest absolute Gasteiger partial charge is 0.469 e. The van der Waals surface area contributed by atoms with Gasteiger partial charge in [-0.15, -0.1) is 0 Å². The van der Waals surface area contributed by atoms with E-state index in [1.807, 2.05) is 20.8 Å². The van der Waals surface area contributed by atoms with Crippen molar-refractivity contribution in [2.24, 2.45) is 34.0 Å². The first-order chi connectivity index (χ1) is 15.9. The summed E-state index contributed by atoms with van der Waals surface area (Å²) in [6.45, 7) is 8.96. The molecule has 0 aromatic heterocycles. The van der Waals surface area contributed by atoms with E-state index in [0.29, 0.717) is 12.8 Å². The van der Waals surface area contributed by atoms with Crippen molar-refractivity contribution in [1.29, 1.82) is 0 Å². The molecule has 2 spiro atoms. The van der Waals surface area contributed by atoms with Gasteiger partial charge in [0.05, 0.1) is 23.9 Å². The number of ether oxygens (including phenoxy) is 6. The monoisotopic (exact) mass is 480 g/mol. The summed E-state index contributed by atoms with van der Waals surface area (Å²) in [4.78, 5) is 51.7. The number of carbonyl (C=O) groups is 4. The Labute approximate surface area is 197 Å². The lowest BCUT2D eigenvalue weighted by molar-refractivity contribution is -0.208. The highest BCUT2D eigenvalue weighted by molar-refractivity contribution is 5.90. The highest BCUT2D eigenvalue weighted by Crippen LogP contribution is 2.83. The van der Waals surface area contributed by atoms with Crippen LogP contribution in [0.15, 0.2) is 0 Å². The second kappa shape index (κ2) is 6.94. The van der Waals surface area contributed by atoms with E-state index in [1.54, 1.807) is 6.92 Å². The van der Waals surface area contributed by atoms with Gasteiger partial charge in [0.25, 0.3) is 0 Å². The quantitative estimate of drug-likeness (QED) is 0.430. The third-order valence-corrected chi connectivity index (χ3v) is 9.17. The second-order valence-electron chi connectivity index (χ2n) is 11.3. The third kappa shape index (κ3) is 2.25. The van der Waals surface area contributed by atoms with Crippen LogP contribution in [0.1, 0.15) is 47.5 Å². The van der Waals surface area contributed by atoms with Crippen LogP contribution in [0.25, 0.3) is 0 Å². The molecule has 0 aromatic carbocycles. The van der Waals surface area contributed by atoms with E-state index < -0.39 is 88.1 Å². The molecule has 10 nitrogen and oxygen atoms in total. The Morgan fingerprint density at radius 2 is 1.82 bits per heavy atom. The predicted molar refractivity (Wildman–Crippen MR) is 112 cm³/mol. The standard InChI is InChI=1S/C24H32O10/c1-10(17(26)30-7)12-8-9-22-15-13(31-11(2)25)14(21(3,4)5)23(22)16(29-6)18(27)33-20(23)34-24(12,22)19(28)32-15/h10,12-16,20H,8-9H2,1-7H3/t10?,12-,13-,14+,15?,16+,20?,22?,23?,24?/m1/s1. The molecule has 2 aliphatic carbocycles. The van der Waals surface area contributed by atoms with Crippen LogP contribution in [-0.4, -0.2) is 68.3 Å². The van der Waals surface area contributed by atoms with Crippen LogP contribution in [0.5, 0.6) is 0 Å². The fourth-order valence-corrected chi connectivity index (χ4v) is 8.59. The van der Waals surface area contributed by atoms with E-state index in [1.165, 1.54) is 21.1 Å². The number of hydrogen-bond donors (Lipinski definition) is 0. The summed E-state index contributed by atoms with van der Waals surface area (Å²) in [5, 5.41) is 0. The van der Waals surface area contributed by atoms with Crippen molar-refractivity contribution in [2.45, 2.75) is 77.7 Å². The third-order valence-electron chi connectivity index (χ3n) is 9.17. The van der Waals surface area contributed by atoms with Gasteiger partial charge in [0.2, 0.25) is 6.29 Å². The van der Waals surface area contributed by atoms with Crippen molar-refractivity contribution in [3.05, 3.63) is 0 Å².